The quantitative estimate of drug-likeness (QED) is 0.635. The molecule has 0 aliphatic carbocycles. The number of aromatic nitrogens is 1. The molecule has 1 aromatic carbocycles. The van der Waals surface area contributed by atoms with Gasteiger partial charge in [-0.1, -0.05) is 33.3 Å². The third-order valence-electron chi connectivity index (χ3n) is 3.76. The zero-order chi connectivity index (χ0) is 17.0. The molecular formula is C18H25N3O2. The second-order valence-electron chi connectivity index (χ2n) is 6.27. The summed E-state index contributed by atoms with van der Waals surface area (Å²) in [7, 11) is 0. The molecule has 0 radical (unpaired) electrons. The van der Waals surface area contributed by atoms with Gasteiger partial charge in [-0.15, -0.1) is 0 Å². The number of rotatable bonds is 6. The first-order valence-corrected chi connectivity index (χ1v) is 8.15. The minimum absolute atomic E-state index is 0.159. The van der Waals surface area contributed by atoms with Crippen LogP contribution < -0.4 is 16.5 Å². The lowest BCUT2D eigenvalue weighted by molar-refractivity contribution is 0.0951. The van der Waals surface area contributed by atoms with E-state index in [-0.39, 0.29) is 16.9 Å². The normalized spacial score (nSPS) is 11.1. The van der Waals surface area contributed by atoms with Crippen molar-refractivity contribution < 1.29 is 4.79 Å². The number of hydrogen-bond donors (Lipinski definition) is 2. The molecule has 0 spiro atoms. The van der Waals surface area contributed by atoms with Gasteiger partial charge < -0.3 is 15.6 Å². The predicted molar refractivity (Wildman–Crippen MR) is 94.7 cm³/mol. The lowest BCUT2D eigenvalue weighted by atomic mass is 10.1. The molecular weight excluding hydrogens is 290 g/mol. The average molecular weight is 315 g/mol. The Balaban J connectivity index is 2.57. The molecule has 0 saturated carbocycles. The molecule has 124 valence electrons. The van der Waals surface area contributed by atoms with Crippen molar-refractivity contribution in [1.29, 1.82) is 0 Å². The van der Waals surface area contributed by atoms with Crippen molar-refractivity contribution in [3.05, 3.63) is 40.2 Å². The second kappa shape index (κ2) is 7.31. The first-order valence-electron chi connectivity index (χ1n) is 8.15. The molecule has 23 heavy (non-hydrogen) atoms. The lowest BCUT2D eigenvalue weighted by Crippen LogP contribution is -2.31. The molecule has 5 heteroatoms. The van der Waals surface area contributed by atoms with Crippen LogP contribution in [0, 0.1) is 5.92 Å². The first-order chi connectivity index (χ1) is 11.0. The predicted octanol–water partition coefficient (Wildman–Crippen LogP) is 2.77. The molecule has 0 saturated heterocycles. The summed E-state index contributed by atoms with van der Waals surface area (Å²) in [5, 5.41) is 3.24. The minimum atomic E-state index is -0.328. The number of carbonyl (C=O) groups excluding carboxylic acids is 1. The Morgan fingerprint density at radius 3 is 2.74 bits per heavy atom. The van der Waals surface area contributed by atoms with Crippen molar-refractivity contribution in [1.82, 2.24) is 9.88 Å². The molecule has 5 nitrogen and oxygen atoms in total. The number of fused-ring (bicyclic) bond motifs is 1. The van der Waals surface area contributed by atoms with Gasteiger partial charge in [-0.25, -0.2) is 0 Å². The number of nitrogen functional groups attached to an aromatic ring is 1. The van der Waals surface area contributed by atoms with E-state index in [9.17, 15) is 9.59 Å². The van der Waals surface area contributed by atoms with E-state index in [0.717, 1.165) is 24.9 Å². The Bertz CT molecular complexity index is 763. The molecule has 1 aromatic heterocycles. The van der Waals surface area contributed by atoms with Gasteiger partial charge in [-0.05, 0) is 24.5 Å². The van der Waals surface area contributed by atoms with Crippen molar-refractivity contribution in [2.24, 2.45) is 5.92 Å². The summed E-state index contributed by atoms with van der Waals surface area (Å²) in [6.45, 7) is 7.53. The van der Waals surface area contributed by atoms with Crippen LogP contribution >= 0.6 is 0 Å². The summed E-state index contributed by atoms with van der Waals surface area (Å²) in [6, 6.07) is 5.39. The summed E-state index contributed by atoms with van der Waals surface area (Å²) in [5.41, 5.74) is 7.05. The number of unbranched alkanes of at least 4 members (excludes halogenated alkanes) is 1. The smallest absolute Gasteiger partial charge is 0.256 e. The highest BCUT2D eigenvalue weighted by Crippen LogP contribution is 2.19. The van der Waals surface area contributed by atoms with Crippen LogP contribution in [0.25, 0.3) is 10.9 Å². The maximum Gasteiger partial charge on any atom is 0.256 e. The molecule has 0 aliphatic heterocycles. The maximum atomic E-state index is 12.7. The van der Waals surface area contributed by atoms with Gasteiger partial charge >= 0.3 is 0 Å². The SMILES string of the molecule is CCCCNC(=O)c1cn(CC(C)C)c2cccc(N)c2c1=O. The summed E-state index contributed by atoms with van der Waals surface area (Å²) in [5.74, 6) is 0.0595. The number of nitrogens with two attached hydrogens (primary N) is 1. The molecule has 1 heterocycles. The van der Waals surface area contributed by atoms with Gasteiger partial charge in [0.25, 0.3) is 5.91 Å². The van der Waals surface area contributed by atoms with E-state index in [1.807, 2.05) is 16.7 Å². The standard InChI is InChI=1S/C18H25N3O2/c1-4-5-9-20-18(23)13-11-21(10-12(2)3)15-8-6-7-14(19)16(15)17(13)22/h6-8,11-12H,4-5,9-10,19H2,1-3H3,(H,20,23). The van der Waals surface area contributed by atoms with Crippen LogP contribution in [0.15, 0.2) is 29.2 Å². The Hall–Kier alpha value is -2.30. The van der Waals surface area contributed by atoms with E-state index < -0.39 is 0 Å². The van der Waals surface area contributed by atoms with Crippen molar-refractivity contribution in [3.8, 4) is 0 Å². The summed E-state index contributed by atoms with van der Waals surface area (Å²) in [6.07, 6.45) is 3.54. The number of hydrogen-bond acceptors (Lipinski definition) is 3. The van der Waals surface area contributed by atoms with Gasteiger partial charge in [-0.3, -0.25) is 9.59 Å². The van der Waals surface area contributed by atoms with Crippen LogP contribution in [-0.4, -0.2) is 17.0 Å². The van der Waals surface area contributed by atoms with Gasteiger partial charge in [0.2, 0.25) is 5.43 Å². The Labute approximate surface area is 136 Å². The Kier molecular flexibility index (Phi) is 5.42. The fourth-order valence-corrected chi connectivity index (χ4v) is 2.64. The van der Waals surface area contributed by atoms with Crippen LogP contribution in [-0.2, 0) is 6.54 Å². The topological polar surface area (TPSA) is 77.1 Å². The van der Waals surface area contributed by atoms with Crippen molar-refractivity contribution in [3.63, 3.8) is 0 Å². The Morgan fingerprint density at radius 2 is 2.09 bits per heavy atom. The average Bonchev–Trinajstić information content (AvgIpc) is 2.49. The first kappa shape index (κ1) is 17.1. The molecule has 3 N–H and O–H groups in total. The molecule has 2 aromatic rings. The molecule has 1 amide bonds. The highest BCUT2D eigenvalue weighted by Gasteiger charge is 2.17. The number of anilines is 1. The fourth-order valence-electron chi connectivity index (χ4n) is 2.64. The van der Waals surface area contributed by atoms with E-state index in [4.69, 9.17) is 5.73 Å². The summed E-state index contributed by atoms with van der Waals surface area (Å²) in [4.78, 5) is 25.1. The number of nitrogens with zero attached hydrogens (tertiary/aromatic N) is 1. The summed E-state index contributed by atoms with van der Waals surface area (Å²) < 4.78 is 1.95. The lowest BCUT2D eigenvalue weighted by Gasteiger charge is -2.16. The number of amides is 1. The van der Waals surface area contributed by atoms with Crippen molar-refractivity contribution in [2.75, 3.05) is 12.3 Å². The fraction of sp³-hybridized carbons (Fsp3) is 0.444. The van der Waals surface area contributed by atoms with Gasteiger partial charge in [0.15, 0.2) is 0 Å². The van der Waals surface area contributed by atoms with Crippen LogP contribution in [0.4, 0.5) is 5.69 Å². The van der Waals surface area contributed by atoms with Crippen LogP contribution in [0.3, 0.4) is 0 Å². The number of benzene rings is 1. The van der Waals surface area contributed by atoms with E-state index >= 15 is 0 Å². The van der Waals surface area contributed by atoms with Crippen LogP contribution in [0.1, 0.15) is 44.0 Å². The highest BCUT2D eigenvalue weighted by atomic mass is 16.2. The van der Waals surface area contributed by atoms with Crippen molar-refractivity contribution in [2.45, 2.75) is 40.2 Å². The van der Waals surface area contributed by atoms with Crippen molar-refractivity contribution >= 4 is 22.5 Å². The minimum Gasteiger partial charge on any atom is -0.398 e. The van der Waals surface area contributed by atoms with E-state index in [2.05, 4.69) is 26.1 Å². The van der Waals surface area contributed by atoms with E-state index in [0.29, 0.717) is 23.5 Å². The molecule has 0 aliphatic rings. The monoisotopic (exact) mass is 315 g/mol. The van der Waals surface area contributed by atoms with Crippen LogP contribution in [0.2, 0.25) is 0 Å². The molecule has 2 rings (SSSR count). The highest BCUT2D eigenvalue weighted by molar-refractivity contribution is 6.00. The summed E-state index contributed by atoms with van der Waals surface area (Å²) >= 11 is 0. The van der Waals surface area contributed by atoms with Gasteiger partial charge in [0.1, 0.15) is 5.56 Å². The molecule has 0 unspecified atom stereocenters. The number of nitrogens with one attached hydrogen (secondary N) is 1. The van der Waals surface area contributed by atoms with Gasteiger partial charge in [-0.2, -0.15) is 0 Å². The third kappa shape index (κ3) is 3.73. The zero-order valence-electron chi connectivity index (χ0n) is 14.1. The third-order valence-corrected chi connectivity index (χ3v) is 3.76. The molecule has 0 fully saturated rings. The zero-order valence-corrected chi connectivity index (χ0v) is 14.1. The molecule has 0 bridgehead atoms. The molecule has 0 atom stereocenters. The van der Waals surface area contributed by atoms with Gasteiger partial charge in [0.05, 0.1) is 10.9 Å². The largest absolute Gasteiger partial charge is 0.398 e. The van der Waals surface area contributed by atoms with Gasteiger partial charge in [0, 0.05) is 25.0 Å². The number of pyridine rings is 1. The number of carbonyl (C=O) groups is 1. The Morgan fingerprint density at radius 1 is 1.35 bits per heavy atom. The van der Waals surface area contributed by atoms with Crippen LogP contribution in [0.5, 0.6) is 0 Å². The van der Waals surface area contributed by atoms with E-state index in [1.165, 1.54) is 0 Å². The maximum absolute atomic E-state index is 12.7. The second-order valence-corrected chi connectivity index (χ2v) is 6.27. The van der Waals surface area contributed by atoms with E-state index in [1.54, 1.807) is 12.3 Å².